The molecule has 1 aliphatic rings. The molecular formula is C23H29ClN2O2. The third-order valence-electron chi connectivity index (χ3n) is 4.83. The Balaban J connectivity index is 1.73. The number of rotatable bonds is 4. The summed E-state index contributed by atoms with van der Waals surface area (Å²) in [5.74, 6) is 0. The highest BCUT2D eigenvalue weighted by Gasteiger charge is 2.33. The minimum Gasteiger partial charge on any atom is -0.444 e. The summed E-state index contributed by atoms with van der Waals surface area (Å²) < 4.78 is 5.67. The second-order valence-corrected chi connectivity index (χ2v) is 8.82. The lowest BCUT2D eigenvalue weighted by molar-refractivity contribution is -0.00232. The van der Waals surface area contributed by atoms with E-state index in [1.807, 2.05) is 56.0 Å². The third kappa shape index (κ3) is 5.98. The molecule has 3 rings (SSSR count). The zero-order valence-corrected chi connectivity index (χ0v) is 17.7. The van der Waals surface area contributed by atoms with E-state index in [0.29, 0.717) is 6.54 Å². The average molecular weight is 401 g/mol. The highest BCUT2D eigenvalue weighted by molar-refractivity contribution is 6.30. The summed E-state index contributed by atoms with van der Waals surface area (Å²) in [4.78, 5) is 17.1. The van der Waals surface area contributed by atoms with E-state index in [1.165, 1.54) is 11.1 Å². The zero-order valence-electron chi connectivity index (χ0n) is 16.9. The Bertz CT molecular complexity index is 771. The Morgan fingerprint density at radius 3 is 2.36 bits per heavy atom. The molecule has 0 aromatic heterocycles. The quantitative estimate of drug-likeness (QED) is 0.723. The molecule has 0 N–H and O–H groups in total. The fraction of sp³-hybridized carbons (Fsp3) is 0.435. The summed E-state index contributed by atoms with van der Waals surface area (Å²) >= 11 is 6.03. The number of hydrogen-bond donors (Lipinski definition) is 0. The Kier molecular flexibility index (Phi) is 6.63. The van der Waals surface area contributed by atoms with E-state index < -0.39 is 5.60 Å². The summed E-state index contributed by atoms with van der Waals surface area (Å²) in [6, 6.07) is 18.4. The van der Waals surface area contributed by atoms with Crippen LogP contribution in [0.3, 0.4) is 0 Å². The van der Waals surface area contributed by atoms with Crippen LogP contribution in [0.15, 0.2) is 54.6 Å². The Hall–Kier alpha value is -2.04. The number of hydrogen-bond acceptors (Lipinski definition) is 3. The monoisotopic (exact) mass is 400 g/mol. The fourth-order valence-corrected chi connectivity index (χ4v) is 3.66. The van der Waals surface area contributed by atoms with Gasteiger partial charge in [-0.05, 0) is 50.5 Å². The van der Waals surface area contributed by atoms with Crippen LogP contribution in [0.1, 0.15) is 31.9 Å². The number of benzene rings is 2. The van der Waals surface area contributed by atoms with Crippen LogP contribution in [0, 0.1) is 0 Å². The zero-order chi connectivity index (χ0) is 20.1. The number of halogens is 1. The molecule has 2 aromatic rings. The van der Waals surface area contributed by atoms with E-state index in [4.69, 9.17) is 16.3 Å². The van der Waals surface area contributed by atoms with Gasteiger partial charge in [0.25, 0.3) is 0 Å². The number of carbonyl (C=O) groups excluding carboxylic acids is 1. The number of ether oxygens (including phenoxy) is 1. The van der Waals surface area contributed by atoms with Crippen molar-refractivity contribution in [3.8, 4) is 0 Å². The molecule has 1 fully saturated rings. The van der Waals surface area contributed by atoms with Crippen LogP contribution in [0.2, 0.25) is 5.02 Å². The van der Waals surface area contributed by atoms with Gasteiger partial charge < -0.3 is 9.64 Å². The van der Waals surface area contributed by atoms with E-state index in [0.717, 1.165) is 31.1 Å². The molecule has 0 spiro atoms. The van der Waals surface area contributed by atoms with Crippen molar-refractivity contribution < 1.29 is 9.53 Å². The minimum absolute atomic E-state index is 0.0634. The van der Waals surface area contributed by atoms with Crippen LogP contribution in [0.5, 0.6) is 0 Å². The van der Waals surface area contributed by atoms with Crippen molar-refractivity contribution in [1.29, 1.82) is 0 Å². The van der Waals surface area contributed by atoms with Gasteiger partial charge in [0.2, 0.25) is 0 Å². The lowest BCUT2D eigenvalue weighted by atomic mass is 10.0. The second kappa shape index (κ2) is 8.97. The lowest BCUT2D eigenvalue weighted by Gasteiger charge is -2.42. The van der Waals surface area contributed by atoms with Crippen molar-refractivity contribution in [3.05, 3.63) is 70.7 Å². The molecule has 5 heteroatoms. The molecule has 0 aliphatic carbocycles. The largest absolute Gasteiger partial charge is 0.444 e. The van der Waals surface area contributed by atoms with Crippen molar-refractivity contribution in [2.24, 2.45) is 0 Å². The Morgan fingerprint density at radius 2 is 1.71 bits per heavy atom. The lowest BCUT2D eigenvalue weighted by Crippen LogP contribution is -2.56. The molecule has 0 saturated carbocycles. The second-order valence-electron chi connectivity index (χ2n) is 8.38. The molecular weight excluding hydrogens is 372 g/mol. The summed E-state index contributed by atoms with van der Waals surface area (Å²) in [6.45, 7) is 8.93. The van der Waals surface area contributed by atoms with Gasteiger partial charge in [-0.25, -0.2) is 4.79 Å². The summed E-state index contributed by atoms with van der Waals surface area (Å²) in [5, 5.41) is 0.724. The first-order valence-corrected chi connectivity index (χ1v) is 10.2. The molecule has 150 valence electrons. The molecule has 1 heterocycles. The van der Waals surface area contributed by atoms with Gasteiger partial charge in [-0.3, -0.25) is 4.90 Å². The molecule has 1 amide bonds. The number of carbonyl (C=O) groups is 1. The van der Waals surface area contributed by atoms with Gasteiger partial charge in [0.1, 0.15) is 5.60 Å². The molecule has 1 saturated heterocycles. The van der Waals surface area contributed by atoms with Gasteiger partial charge in [-0.15, -0.1) is 0 Å². The van der Waals surface area contributed by atoms with Crippen molar-refractivity contribution in [2.45, 2.75) is 45.4 Å². The first-order chi connectivity index (χ1) is 13.3. The maximum absolute atomic E-state index is 12.8. The van der Waals surface area contributed by atoms with Gasteiger partial charge in [-0.1, -0.05) is 54.1 Å². The first-order valence-electron chi connectivity index (χ1n) is 9.80. The van der Waals surface area contributed by atoms with Crippen molar-refractivity contribution >= 4 is 17.7 Å². The third-order valence-corrected chi connectivity index (χ3v) is 5.08. The highest BCUT2D eigenvalue weighted by atomic mass is 35.5. The topological polar surface area (TPSA) is 32.8 Å². The molecule has 1 aliphatic heterocycles. The first kappa shape index (κ1) is 20.7. The molecule has 0 bridgehead atoms. The smallest absolute Gasteiger partial charge is 0.410 e. The van der Waals surface area contributed by atoms with Crippen molar-refractivity contribution in [3.63, 3.8) is 0 Å². The predicted molar refractivity (Wildman–Crippen MR) is 114 cm³/mol. The van der Waals surface area contributed by atoms with E-state index in [9.17, 15) is 4.79 Å². The van der Waals surface area contributed by atoms with E-state index in [2.05, 4.69) is 29.2 Å². The van der Waals surface area contributed by atoms with Crippen LogP contribution in [0.25, 0.3) is 0 Å². The summed E-state index contributed by atoms with van der Waals surface area (Å²) in [6.07, 6.45) is 0.549. The predicted octanol–water partition coefficient (Wildman–Crippen LogP) is 5.00. The Labute approximate surface area is 173 Å². The van der Waals surface area contributed by atoms with Crippen LogP contribution in [0.4, 0.5) is 4.79 Å². The molecule has 28 heavy (non-hydrogen) atoms. The molecule has 1 unspecified atom stereocenters. The van der Waals surface area contributed by atoms with Gasteiger partial charge in [0, 0.05) is 31.2 Å². The van der Waals surface area contributed by atoms with Crippen molar-refractivity contribution in [2.75, 3.05) is 19.6 Å². The van der Waals surface area contributed by atoms with Crippen LogP contribution in [-0.4, -0.2) is 47.2 Å². The van der Waals surface area contributed by atoms with E-state index >= 15 is 0 Å². The highest BCUT2D eigenvalue weighted by Crippen LogP contribution is 2.21. The average Bonchev–Trinajstić information content (AvgIpc) is 2.63. The molecule has 1 atom stereocenters. The SMILES string of the molecule is CC(C)(C)OC(=O)N1CCN(Cc2ccccc2)CC1Cc1ccc(Cl)cc1. The molecule has 2 aromatic carbocycles. The van der Waals surface area contributed by atoms with Gasteiger partial charge in [-0.2, -0.15) is 0 Å². The van der Waals surface area contributed by atoms with Crippen molar-refractivity contribution in [1.82, 2.24) is 9.80 Å². The summed E-state index contributed by atoms with van der Waals surface area (Å²) in [5.41, 5.74) is 1.96. The number of piperazine rings is 1. The summed E-state index contributed by atoms with van der Waals surface area (Å²) in [7, 11) is 0. The minimum atomic E-state index is -0.497. The van der Waals surface area contributed by atoms with Crippen LogP contribution in [-0.2, 0) is 17.7 Å². The Morgan fingerprint density at radius 1 is 1.04 bits per heavy atom. The molecule has 0 radical (unpaired) electrons. The molecule has 4 nitrogen and oxygen atoms in total. The van der Waals surface area contributed by atoms with Crippen LogP contribution < -0.4 is 0 Å². The van der Waals surface area contributed by atoms with Crippen LogP contribution >= 0.6 is 11.6 Å². The van der Waals surface area contributed by atoms with E-state index in [1.54, 1.807) is 0 Å². The standard InChI is InChI=1S/C23H29ClN2O2/c1-23(2,3)28-22(27)26-14-13-25(16-19-7-5-4-6-8-19)17-21(26)15-18-9-11-20(24)12-10-18/h4-12,21H,13-17H2,1-3H3. The number of amides is 1. The maximum Gasteiger partial charge on any atom is 0.410 e. The maximum atomic E-state index is 12.8. The van der Waals surface area contributed by atoms with E-state index in [-0.39, 0.29) is 12.1 Å². The van der Waals surface area contributed by atoms with Gasteiger partial charge in [0.15, 0.2) is 0 Å². The normalized spacial score (nSPS) is 18.1. The van der Waals surface area contributed by atoms with Gasteiger partial charge in [0.05, 0.1) is 6.04 Å². The fourth-order valence-electron chi connectivity index (χ4n) is 3.53. The number of nitrogens with zero attached hydrogens (tertiary/aromatic N) is 2. The van der Waals surface area contributed by atoms with Gasteiger partial charge >= 0.3 is 6.09 Å².